The molecule has 110 valence electrons. The molecule has 1 unspecified atom stereocenters. The first-order chi connectivity index (χ1) is 9.41. The summed E-state index contributed by atoms with van der Waals surface area (Å²) >= 11 is 0. The lowest BCUT2D eigenvalue weighted by molar-refractivity contribution is -0.387. The van der Waals surface area contributed by atoms with Crippen molar-refractivity contribution in [2.75, 3.05) is 13.2 Å². The lowest BCUT2D eigenvalue weighted by Gasteiger charge is -2.23. The topological polar surface area (TPSA) is 64.4 Å². The van der Waals surface area contributed by atoms with Gasteiger partial charge in [-0.2, -0.15) is 4.39 Å². The van der Waals surface area contributed by atoms with E-state index in [1.165, 1.54) is 0 Å². The number of nitrogens with one attached hydrogen (secondary N) is 1. The van der Waals surface area contributed by atoms with Crippen LogP contribution in [-0.2, 0) is 11.3 Å². The quantitative estimate of drug-likeness (QED) is 0.667. The van der Waals surface area contributed by atoms with Crippen molar-refractivity contribution in [2.24, 2.45) is 0 Å². The van der Waals surface area contributed by atoms with Crippen molar-refractivity contribution < 1.29 is 18.4 Å². The van der Waals surface area contributed by atoms with E-state index in [0.29, 0.717) is 19.2 Å². The molecule has 0 radical (unpaired) electrons. The van der Waals surface area contributed by atoms with Gasteiger partial charge in [0.05, 0.1) is 10.5 Å². The maximum Gasteiger partial charge on any atom is 0.305 e. The minimum absolute atomic E-state index is 0.0692. The number of hydrogen-bond acceptors (Lipinski definition) is 4. The summed E-state index contributed by atoms with van der Waals surface area (Å²) in [6.07, 6.45) is 1.89. The Morgan fingerprint density at radius 2 is 2.20 bits per heavy atom. The summed E-state index contributed by atoms with van der Waals surface area (Å²) in [5.41, 5.74) is -0.936. The molecule has 20 heavy (non-hydrogen) atoms. The Morgan fingerprint density at radius 3 is 2.80 bits per heavy atom. The van der Waals surface area contributed by atoms with Crippen LogP contribution in [-0.4, -0.2) is 23.7 Å². The molecular formula is C13H16F2N2O3. The van der Waals surface area contributed by atoms with Crippen LogP contribution in [0.4, 0.5) is 14.5 Å². The number of nitro benzene ring substituents is 1. The molecule has 1 atom stereocenters. The number of ether oxygens (including phenoxy) is 1. The zero-order chi connectivity index (χ0) is 14.8. The molecule has 1 fully saturated rings. The number of nitrogens with zero attached hydrogens (tertiary/aromatic N) is 1. The van der Waals surface area contributed by atoms with Gasteiger partial charge in [0.25, 0.3) is 0 Å². The molecule has 1 aliphatic heterocycles. The minimum atomic E-state index is -1.16. The van der Waals surface area contributed by atoms with Gasteiger partial charge in [0.1, 0.15) is 5.82 Å². The Balaban J connectivity index is 2.02. The first-order valence-corrected chi connectivity index (χ1v) is 6.38. The van der Waals surface area contributed by atoms with Crippen LogP contribution in [0, 0.1) is 21.7 Å². The standard InChI is InChI=1S/C13H16F2N2O3/c1-13(3-2-4-20-13)8-16-7-9-5-12(17(18)19)11(15)6-10(9)14/h5-6,16H,2-4,7-8H2,1H3. The third kappa shape index (κ3) is 3.29. The van der Waals surface area contributed by atoms with Crippen LogP contribution in [0.25, 0.3) is 0 Å². The van der Waals surface area contributed by atoms with Crippen LogP contribution in [0.5, 0.6) is 0 Å². The molecular weight excluding hydrogens is 270 g/mol. The molecule has 1 aliphatic rings. The Labute approximate surface area is 115 Å². The lowest BCUT2D eigenvalue weighted by Crippen LogP contribution is -2.36. The van der Waals surface area contributed by atoms with E-state index >= 15 is 0 Å². The fraction of sp³-hybridized carbons (Fsp3) is 0.538. The van der Waals surface area contributed by atoms with Gasteiger partial charge in [-0.05, 0) is 19.8 Å². The Bertz CT molecular complexity index is 517. The predicted octanol–water partition coefficient (Wildman–Crippen LogP) is 2.53. The maximum atomic E-state index is 13.6. The summed E-state index contributed by atoms with van der Waals surface area (Å²) in [6.45, 7) is 3.26. The molecule has 0 saturated carbocycles. The molecule has 1 aromatic rings. The molecule has 1 saturated heterocycles. The molecule has 0 aliphatic carbocycles. The summed E-state index contributed by atoms with van der Waals surface area (Å²) in [6, 6.07) is 1.47. The zero-order valence-electron chi connectivity index (χ0n) is 11.1. The van der Waals surface area contributed by atoms with Gasteiger partial charge in [-0.15, -0.1) is 0 Å². The fourth-order valence-electron chi connectivity index (χ4n) is 2.29. The smallest absolute Gasteiger partial charge is 0.305 e. The number of halogens is 2. The van der Waals surface area contributed by atoms with Crippen molar-refractivity contribution in [3.8, 4) is 0 Å². The average molecular weight is 286 g/mol. The van der Waals surface area contributed by atoms with Crippen LogP contribution in [0.2, 0.25) is 0 Å². The highest BCUT2D eigenvalue weighted by atomic mass is 19.1. The summed E-state index contributed by atoms with van der Waals surface area (Å²) in [5.74, 6) is -1.96. The summed E-state index contributed by atoms with van der Waals surface area (Å²) in [4.78, 5) is 9.76. The highest BCUT2D eigenvalue weighted by Crippen LogP contribution is 2.25. The molecule has 2 rings (SSSR count). The molecule has 0 bridgehead atoms. The Kier molecular flexibility index (Phi) is 4.29. The monoisotopic (exact) mass is 286 g/mol. The van der Waals surface area contributed by atoms with Gasteiger partial charge >= 0.3 is 5.69 Å². The first kappa shape index (κ1) is 14.8. The summed E-state index contributed by atoms with van der Waals surface area (Å²) in [7, 11) is 0. The van der Waals surface area contributed by atoms with Gasteiger partial charge in [-0.3, -0.25) is 10.1 Å². The third-order valence-corrected chi connectivity index (χ3v) is 3.43. The predicted molar refractivity (Wildman–Crippen MR) is 68.3 cm³/mol. The maximum absolute atomic E-state index is 13.6. The van der Waals surface area contributed by atoms with Crippen LogP contribution < -0.4 is 5.32 Å². The van der Waals surface area contributed by atoms with Crippen LogP contribution in [0.15, 0.2) is 12.1 Å². The summed E-state index contributed by atoms with van der Waals surface area (Å²) in [5, 5.41) is 13.6. The van der Waals surface area contributed by atoms with E-state index in [9.17, 15) is 18.9 Å². The van der Waals surface area contributed by atoms with Gasteiger partial charge < -0.3 is 10.1 Å². The van der Waals surface area contributed by atoms with Crippen LogP contribution >= 0.6 is 0 Å². The van der Waals surface area contributed by atoms with Crippen molar-refractivity contribution in [2.45, 2.75) is 31.9 Å². The Hall–Kier alpha value is -1.60. The fourth-order valence-corrected chi connectivity index (χ4v) is 2.29. The number of hydrogen-bond donors (Lipinski definition) is 1. The number of rotatable bonds is 5. The molecule has 1 heterocycles. The van der Waals surface area contributed by atoms with Gasteiger partial charge in [-0.1, -0.05) is 0 Å². The van der Waals surface area contributed by atoms with E-state index < -0.39 is 22.2 Å². The van der Waals surface area contributed by atoms with E-state index in [1.54, 1.807) is 0 Å². The van der Waals surface area contributed by atoms with E-state index in [1.807, 2.05) is 6.92 Å². The van der Waals surface area contributed by atoms with Crippen LogP contribution in [0.3, 0.4) is 0 Å². The lowest BCUT2D eigenvalue weighted by atomic mass is 10.0. The van der Waals surface area contributed by atoms with Crippen LogP contribution in [0.1, 0.15) is 25.3 Å². The highest BCUT2D eigenvalue weighted by Gasteiger charge is 2.29. The second kappa shape index (κ2) is 5.80. The normalized spacial score (nSPS) is 22.1. The summed E-state index contributed by atoms with van der Waals surface area (Å²) < 4.78 is 32.3. The van der Waals surface area contributed by atoms with Crippen molar-refractivity contribution in [1.82, 2.24) is 5.32 Å². The molecule has 1 N–H and O–H groups in total. The SMILES string of the molecule is CC1(CNCc2cc([N+](=O)[O-])c(F)cc2F)CCCO1. The molecule has 5 nitrogen and oxygen atoms in total. The second-order valence-corrected chi connectivity index (χ2v) is 5.16. The largest absolute Gasteiger partial charge is 0.374 e. The average Bonchev–Trinajstić information content (AvgIpc) is 2.78. The van der Waals surface area contributed by atoms with Gasteiger partial charge in [0.2, 0.25) is 5.82 Å². The van der Waals surface area contributed by atoms with E-state index in [-0.39, 0.29) is 17.7 Å². The van der Waals surface area contributed by atoms with E-state index in [0.717, 1.165) is 18.9 Å². The molecule has 1 aromatic carbocycles. The van der Waals surface area contributed by atoms with Gasteiger partial charge in [0, 0.05) is 37.4 Å². The van der Waals surface area contributed by atoms with Gasteiger partial charge in [-0.25, -0.2) is 4.39 Å². The molecule has 0 amide bonds. The third-order valence-electron chi connectivity index (χ3n) is 3.43. The van der Waals surface area contributed by atoms with Gasteiger partial charge in [0.15, 0.2) is 0 Å². The van der Waals surface area contributed by atoms with E-state index in [4.69, 9.17) is 4.74 Å². The highest BCUT2D eigenvalue weighted by molar-refractivity contribution is 5.37. The van der Waals surface area contributed by atoms with Crippen molar-refractivity contribution in [3.63, 3.8) is 0 Å². The minimum Gasteiger partial charge on any atom is -0.374 e. The zero-order valence-corrected chi connectivity index (χ0v) is 11.1. The number of nitro groups is 1. The molecule has 0 aromatic heterocycles. The molecule has 0 spiro atoms. The van der Waals surface area contributed by atoms with Crippen molar-refractivity contribution in [1.29, 1.82) is 0 Å². The Morgan fingerprint density at radius 1 is 1.45 bits per heavy atom. The first-order valence-electron chi connectivity index (χ1n) is 6.38. The van der Waals surface area contributed by atoms with E-state index in [2.05, 4.69) is 5.32 Å². The van der Waals surface area contributed by atoms with Crippen molar-refractivity contribution in [3.05, 3.63) is 39.4 Å². The molecule has 7 heteroatoms. The number of benzene rings is 1. The van der Waals surface area contributed by atoms with Crippen molar-refractivity contribution >= 4 is 5.69 Å². The second-order valence-electron chi connectivity index (χ2n) is 5.16.